The minimum atomic E-state index is -3.55. The van der Waals surface area contributed by atoms with Crippen molar-refractivity contribution in [1.82, 2.24) is 9.62 Å². The summed E-state index contributed by atoms with van der Waals surface area (Å²) in [4.78, 5) is 12.4. The molecule has 2 rings (SSSR count). The molecule has 0 saturated carbocycles. The molecule has 0 aliphatic rings. The molecule has 0 aliphatic heterocycles. The highest BCUT2D eigenvalue weighted by Crippen LogP contribution is 2.20. The average molecular weight is 412 g/mol. The number of sulfonamides is 1. The fourth-order valence-corrected chi connectivity index (χ4v) is 4.08. The number of para-hydroxylation sites is 1. The summed E-state index contributed by atoms with van der Waals surface area (Å²) in [5, 5.41) is 2.61. The molecular weight excluding hydrogens is 390 g/mol. The molecule has 0 bridgehead atoms. The maximum atomic E-state index is 12.5. The Morgan fingerprint density at radius 1 is 1.07 bits per heavy atom. The van der Waals surface area contributed by atoms with E-state index in [1.165, 1.54) is 34.6 Å². The summed E-state index contributed by atoms with van der Waals surface area (Å²) in [6.45, 7) is 1.34. The summed E-state index contributed by atoms with van der Waals surface area (Å²) >= 11 is 0. The number of nitrogens with one attached hydrogen (secondary N) is 1. The first-order chi connectivity index (χ1) is 13.3. The average Bonchev–Trinajstić information content (AvgIpc) is 2.67. The van der Waals surface area contributed by atoms with E-state index < -0.39 is 22.5 Å². The highest BCUT2D eigenvalue weighted by molar-refractivity contribution is 7.89. The summed E-state index contributed by atoms with van der Waals surface area (Å²) in [6.07, 6.45) is 0. The third kappa shape index (κ3) is 5.26. The van der Waals surface area contributed by atoms with Crippen molar-refractivity contribution in [3.63, 3.8) is 0 Å². The highest BCUT2D eigenvalue weighted by atomic mass is 32.2. The van der Waals surface area contributed by atoms with Gasteiger partial charge in [-0.15, -0.1) is 0 Å². The summed E-state index contributed by atoms with van der Waals surface area (Å²) in [5.41, 5.74) is 0.655. The zero-order valence-electron chi connectivity index (χ0n) is 15.6. The summed E-state index contributed by atoms with van der Waals surface area (Å²) in [6, 6.07) is 11.8. The van der Waals surface area contributed by atoms with Crippen molar-refractivity contribution in [2.75, 3.05) is 13.1 Å². The lowest BCUT2D eigenvalue weighted by atomic mass is 10.1. The number of hydrogen-bond donors (Lipinski definition) is 1. The van der Waals surface area contributed by atoms with E-state index in [9.17, 15) is 22.0 Å². The molecule has 0 radical (unpaired) electrons. The number of ether oxygens (including phenoxy) is 1. The molecule has 0 aliphatic carbocycles. The number of carbonyl (C=O) groups excluding carboxylic acids is 1. The fraction of sp³-hybridized carbons (Fsp3) is 0.316. The molecule has 2 aromatic carbocycles. The van der Waals surface area contributed by atoms with Crippen molar-refractivity contribution in [2.45, 2.75) is 31.9 Å². The van der Waals surface area contributed by atoms with Gasteiger partial charge < -0.3 is 10.1 Å². The van der Waals surface area contributed by atoms with Gasteiger partial charge in [0.1, 0.15) is 5.75 Å². The van der Waals surface area contributed by atoms with Gasteiger partial charge in [0, 0.05) is 19.6 Å². The van der Waals surface area contributed by atoms with Crippen LogP contribution in [0.3, 0.4) is 0 Å². The Balaban J connectivity index is 2.07. The van der Waals surface area contributed by atoms with Gasteiger partial charge in [-0.2, -0.15) is 13.1 Å². The zero-order chi connectivity index (χ0) is 20.7. The van der Waals surface area contributed by atoms with Crippen LogP contribution in [0.15, 0.2) is 53.4 Å². The van der Waals surface area contributed by atoms with Crippen LogP contribution in [0.4, 0.5) is 8.78 Å². The Morgan fingerprint density at radius 2 is 1.68 bits per heavy atom. The number of carbonyl (C=O) groups is 1. The van der Waals surface area contributed by atoms with Crippen molar-refractivity contribution in [3.05, 3.63) is 59.7 Å². The smallest absolute Gasteiger partial charge is 0.387 e. The van der Waals surface area contributed by atoms with Crippen LogP contribution in [0.25, 0.3) is 0 Å². The Hall–Kier alpha value is -2.52. The molecule has 0 saturated heterocycles. The Kier molecular flexibility index (Phi) is 7.47. The summed E-state index contributed by atoms with van der Waals surface area (Å²) in [5.74, 6) is -0.785. The number of nitrogens with zero attached hydrogens (tertiary/aromatic N) is 1. The van der Waals surface area contributed by atoms with Gasteiger partial charge >= 0.3 is 6.61 Å². The number of alkyl halides is 2. The normalized spacial score (nSPS) is 11.6. The topological polar surface area (TPSA) is 75.7 Å². The van der Waals surface area contributed by atoms with Gasteiger partial charge in [-0.05, 0) is 29.8 Å². The third-order valence-electron chi connectivity index (χ3n) is 4.07. The molecule has 1 N–H and O–H groups in total. The molecule has 1 amide bonds. The van der Waals surface area contributed by atoms with Gasteiger partial charge in [0.25, 0.3) is 5.91 Å². The van der Waals surface area contributed by atoms with Crippen molar-refractivity contribution in [3.8, 4) is 5.75 Å². The molecule has 0 unspecified atom stereocenters. The lowest BCUT2D eigenvalue weighted by Gasteiger charge is -2.18. The van der Waals surface area contributed by atoms with Gasteiger partial charge in [0.15, 0.2) is 0 Å². The number of amides is 1. The van der Waals surface area contributed by atoms with Crippen LogP contribution < -0.4 is 10.1 Å². The van der Waals surface area contributed by atoms with Gasteiger partial charge in [-0.25, -0.2) is 8.42 Å². The number of halogens is 2. The molecule has 0 fully saturated rings. The van der Waals surface area contributed by atoms with E-state index in [0.29, 0.717) is 18.7 Å². The standard InChI is InChI=1S/C19H22F2N2O4S/c1-3-23(4-2)28(25,26)15-11-9-14(10-12-15)13-22-18(24)16-7-5-6-8-17(16)27-19(20)21/h5-12,19H,3-4,13H2,1-2H3,(H,22,24). The summed E-state index contributed by atoms with van der Waals surface area (Å²) < 4.78 is 55.5. The first-order valence-corrected chi connectivity index (χ1v) is 10.1. The second-order valence-corrected chi connectivity index (χ2v) is 7.73. The zero-order valence-corrected chi connectivity index (χ0v) is 16.4. The minimum absolute atomic E-state index is 0.0106. The van der Waals surface area contributed by atoms with E-state index >= 15 is 0 Å². The van der Waals surface area contributed by atoms with Gasteiger partial charge in [0.05, 0.1) is 10.5 Å². The molecule has 152 valence electrons. The molecule has 0 atom stereocenters. The fourth-order valence-electron chi connectivity index (χ4n) is 2.62. The quantitative estimate of drug-likeness (QED) is 0.686. The first-order valence-electron chi connectivity index (χ1n) is 8.70. The van der Waals surface area contributed by atoms with Gasteiger partial charge in [-0.1, -0.05) is 38.1 Å². The maximum absolute atomic E-state index is 12.5. The Labute approximate surface area is 163 Å². The van der Waals surface area contributed by atoms with E-state index in [2.05, 4.69) is 10.1 Å². The van der Waals surface area contributed by atoms with E-state index in [0.717, 1.165) is 0 Å². The van der Waals surface area contributed by atoms with Crippen molar-refractivity contribution in [2.24, 2.45) is 0 Å². The van der Waals surface area contributed by atoms with Crippen LogP contribution >= 0.6 is 0 Å². The number of hydrogen-bond acceptors (Lipinski definition) is 4. The second-order valence-electron chi connectivity index (χ2n) is 5.79. The third-order valence-corrected chi connectivity index (χ3v) is 6.13. The molecule has 9 heteroatoms. The Morgan fingerprint density at radius 3 is 2.25 bits per heavy atom. The monoisotopic (exact) mass is 412 g/mol. The predicted molar refractivity (Wildman–Crippen MR) is 101 cm³/mol. The molecule has 2 aromatic rings. The molecular formula is C19H22F2N2O4S. The molecule has 0 aromatic heterocycles. The van der Waals surface area contributed by atoms with Crippen LogP contribution in [0.1, 0.15) is 29.8 Å². The number of benzene rings is 2. The molecule has 28 heavy (non-hydrogen) atoms. The van der Waals surface area contributed by atoms with E-state index in [-0.39, 0.29) is 22.8 Å². The molecule has 6 nitrogen and oxygen atoms in total. The van der Waals surface area contributed by atoms with Crippen LogP contribution in [0, 0.1) is 0 Å². The van der Waals surface area contributed by atoms with E-state index in [1.54, 1.807) is 32.0 Å². The minimum Gasteiger partial charge on any atom is -0.434 e. The van der Waals surface area contributed by atoms with E-state index in [1.807, 2.05) is 0 Å². The maximum Gasteiger partial charge on any atom is 0.387 e. The highest BCUT2D eigenvalue weighted by Gasteiger charge is 2.21. The van der Waals surface area contributed by atoms with Crippen LogP contribution in [0.2, 0.25) is 0 Å². The van der Waals surface area contributed by atoms with Gasteiger partial charge in [-0.3, -0.25) is 4.79 Å². The summed E-state index contributed by atoms with van der Waals surface area (Å²) in [7, 11) is -3.55. The largest absolute Gasteiger partial charge is 0.434 e. The lowest BCUT2D eigenvalue weighted by molar-refractivity contribution is -0.0501. The van der Waals surface area contributed by atoms with Gasteiger partial charge in [0.2, 0.25) is 10.0 Å². The van der Waals surface area contributed by atoms with Crippen molar-refractivity contribution < 1.29 is 26.7 Å². The first kappa shape index (κ1) is 21.8. The molecule has 0 spiro atoms. The van der Waals surface area contributed by atoms with Crippen molar-refractivity contribution in [1.29, 1.82) is 0 Å². The van der Waals surface area contributed by atoms with E-state index in [4.69, 9.17) is 0 Å². The number of rotatable bonds is 9. The SMILES string of the molecule is CCN(CC)S(=O)(=O)c1ccc(CNC(=O)c2ccccc2OC(F)F)cc1. The lowest BCUT2D eigenvalue weighted by Crippen LogP contribution is -2.30. The molecule has 0 heterocycles. The predicted octanol–water partition coefficient (Wildman–Crippen LogP) is 3.25. The Bertz CT molecular complexity index is 898. The van der Waals surface area contributed by atoms with Crippen molar-refractivity contribution >= 4 is 15.9 Å². The van der Waals surface area contributed by atoms with Crippen LogP contribution in [0.5, 0.6) is 5.75 Å². The van der Waals surface area contributed by atoms with Crippen LogP contribution in [-0.4, -0.2) is 38.3 Å². The second kappa shape index (κ2) is 9.61. The van der Waals surface area contributed by atoms with Crippen LogP contribution in [-0.2, 0) is 16.6 Å².